The molecule has 222 valence electrons. The van der Waals surface area contributed by atoms with Crippen LogP contribution in [0.15, 0.2) is 11.6 Å². The molecule has 3 saturated carbocycles. The molecular formula is C35H59NO3. The monoisotopic (exact) mass is 541 g/mol. The minimum atomic E-state index is -0.298. The molecule has 4 aliphatic rings. The molecule has 8 atom stereocenters. The van der Waals surface area contributed by atoms with E-state index in [-0.39, 0.29) is 35.4 Å². The zero-order chi connectivity index (χ0) is 28.6. The number of amides is 1. The van der Waals surface area contributed by atoms with E-state index in [4.69, 9.17) is 4.74 Å². The maximum atomic E-state index is 12.5. The van der Waals surface area contributed by atoms with Crippen molar-refractivity contribution in [3.05, 3.63) is 11.6 Å². The van der Waals surface area contributed by atoms with Crippen LogP contribution in [0.4, 0.5) is 0 Å². The zero-order valence-electron chi connectivity index (χ0n) is 26.5. The van der Waals surface area contributed by atoms with Gasteiger partial charge in [-0.25, -0.2) is 0 Å². The summed E-state index contributed by atoms with van der Waals surface area (Å²) in [6, 6.07) is 0. The lowest BCUT2D eigenvalue weighted by Crippen LogP contribution is -2.51. The third-order valence-electron chi connectivity index (χ3n) is 11.7. The molecule has 1 N–H and O–H groups in total. The Labute approximate surface area is 239 Å². The number of rotatable bonds is 9. The molecule has 3 fully saturated rings. The molecule has 0 aromatic rings. The first-order valence-electron chi connectivity index (χ1n) is 16.4. The minimum absolute atomic E-state index is 0.0241. The van der Waals surface area contributed by atoms with Crippen LogP contribution in [0.25, 0.3) is 0 Å². The highest BCUT2D eigenvalue weighted by Gasteiger charge is 2.59. The number of nitrogens with one attached hydrogen (secondary N) is 1. The Morgan fingerprint density at radius 3 is 2.46 bits per heavy atom. The maximum absolute atomic E-state index is 12.5. The van der Waals surface area contributed by atoms with Crippen molar-refractivity contribution in [3.63, 3.8) is 0 Å². The average Bonchev–Trinajstić information content (AvgIpc) is 3.19. The zero-order valence-corrected chi connectivity index (χ0v) is 26.5. The van der Waals surface area contributed by atoms with Gasteiger partial charge in [-0.15, -0.1) is 0 Å². The van der Waals surface area contributed by atoms with Gasteiger partial charge >= 0.3 is 5.97 Å². The van der Waals surface area contributed by atoms with Crippen LogP contribution in [0, 0.1) is 51.8 Å². The summed E-state index contributed by atoms with van der Waals surface area (Å²) >= 11 is 0. The molecule has 4 rings (SSSR count). The Balaban J connectivity index is 1.34. The molecule has 39 heavy (non-hydrogen) atoms. The molecule has 0 spiro atoms. The molecule has 1 amide bonds. The van der Waals surface area contributed by atoms with Crippen molar-refractivity contribution in [1.82, 2.24) is 5.32 Å². The number of fused-ring (bicyclic) bond motifs is 5. The lowest BCUT2D eigenvalue weighted by molar-refractivity contribution is -0.151. The van der Waals surface area contributed by atoms with Crippen LogP contribution in [0.3, 0.4) is 0 Å². The van der Waals surface area contributed by atoms with Gasteiger partial charge in [0.05, 0.1) is 0 Å². The number of ether oxygens (including phenoxy) is 1. The smallest absolute Gasteiger partial charge is 0.325 e. The summed E-state index contributed by atoms with van der Waals surface area (Å²) < 4.78 is 5.88. The molecule has 4 heteroatoms. The van der Waals surface area contributed by atoms with Crippen LogP contribution in [0.1, 0.15) is 132 Å². The number of hydrogen-bond acceptors (Lipinski definition) is 3. The number of hydrogen-bond donors (Lipinski definition) is 1. The molecule has 0 heterocycles. The van der Waals surface area contributed by atoms with E-state index in [1.165, 1.54) is 51.4 Å². The average molecular weight is 542 g/mol. The van der Waals surface area contributed by atoms with Crippen molar-refractivity contribution in [2.24, 2.45) is 51.8 Å². The van der Waals surface area contributed by atoms with Gasteiger partial charge in [0.15, 0.2) is 0 Å². The SMILES string of the molecule is CC(C)CCC[C@@H](C)[C@H]1CCC2C3CC=C4C[C@@H](OC(=O)CNC(=O)CC(C)(C)C)CC[C@]4(C)C3CC[C@@]21C. The van der Waals surface area contributed by atoms with Crippen molar-refractivity contribution in [1.29, 1.82) is 0 Å². The van der Waals surface area contributed by atoms with Gasteiger partial charge in [-0.05, 0) is 96.7 Å². The van der Waals surface area contributed by atoms with E-state index in [2.05, 4.69) is 46.0 Å². The van der Waals surface area contributed by atoms with Gasteiger partial charge in [-0.2, -0.15) is 0 Å². The van der Waals surface area contributed by atoms with Gasteiger partial charge in [0.2, 0.25) is 5.91 Å². The first-order valence-corrected chi connectivity index (χ1v) is 16.4. The first kappa shape index (κ1) is 30.6. The second-order valence-corrected chi connectivity index (χ2v) is 16.2. The van der Waals surface area contributed by atoms with Gasteiger partial charge in [0.1, 0.15) is 12.6 Å². The van der Waals surface area contributed by atoms with Crippen molar-refractivity contribution < 1.29 is 14.3 Å². The van der Waals surface area contributed by atoms with E-state index in [0.29, 0.717) is 11.8 Å². The van der Waals surface area contributed by atoms with E-state index in [9.17, 15) is 9.59 Å². The number of allylic oxidation sites excluding steroid dienone is 1. The highest BCUT2D eigenvalue weighted by atomic mass is 16.5. The van der Waals surface area contributed by atoms with Crippen LogP contribution in [-0.4, -0.2) is 24.5 Å². The Bertz CT molecular complexity index is 915. The summed E-state index contributed by atoms with van der Waals surface area (Å²) in [5, 5.41) is 2.75. The first-order chi connectivity index (χ1) is 18.2. The van der Waals surface area contributed by atoms with Crippen LogP contribution < -0.4 is 5.32 Å². The summed E-state index contributed by atoms with van der Waals surface area (Å²) in [6.07, 6.45) is 16.9. The van der Waals surface area contributed by atoms with Gasteiger partial charge < -0.3 is 10.1 Å². The molecule has 4 aliphatic carbocycles. The second kappa shape index (κ2) is 11.9. The molecule has 0 bridgehead atoms. The summed E-state index contributed by atoms with van der Waals surface area (Å²) in [6.45, 7) is 18.5. The fourth-order valence-electron chi connectivity index (χ4n) is 9.70. The molecule has 4 nitrogen and oxygen atoms in total. The summed E-state index contributed by atoms with van der Waals surface area (Å²) in [5.74, 6) is 4.66. The Kier molecular flexibility index (Phi) is 9.34. The van der Waals surface area contributed by atoms with E-state index in [1.54, 1.807) is 5.57 Å². The topological polar surface area (TPSA) is 55.4 Å². The van der Waals surface area contributed by atoms with Gasteiger partial charge in [0.25, 0.3) is 0 Å². The van der Waals surface area contributed by atoms with Crippen molar-refractivity contribution >= 4 is 11.9 Å². The van der Waals surface area contributed by atoms with Crippen LogP contribution >= 0.6 is 0 Å². The van der Waals surface area contributed by atoms with E-state index >= 15 is 0 Å². The molecule has 0 aromatic carbocycles. The van der Waals surface area contributed by atoms with Gasteiger partial charge in [-0.3, -0.25) is 9.59 Å². The summed E-state index contributed by atoms with van der Waals surface area (Å²) in [7, 11) is 0. The third kappa shape index (κ3) is 6.78. The summed E-state index contributed by atoms with van der Waals surface area (Å²) in [4.78, 5) is 24.7. The predicted octanol–water partition coefficient (Wildman–Crippen LogP) is 8.49. The van der Waals surface area contributed by atoms with E-state index in [1.807, 2.05) is 20.8 Å². The Morgan fingerprint density at radius 2 is 1.77 bits per heavy atom. The number of carbonyl (C=O) groups is 2. The van der Waals surface area contributed by atoms with E-state index in [0.717, 1.165) is 54.8 Å². The fourth-order valence-corrected chi connectivity index (χ4v) is 9.70. The number of esters is 1. The Hall–Kier alpha value is -1.32. The van der Waals surface area contributed by atoms with Crippen LogP contribution in [0.5, 0.6) is 0 Å². The van der Waals surface area contributed by atoms with Crippen molar-refractivity contribution in [3.8, 4) is 0 Å². The van der Waals surface area contributed by atoms with Crippen LogP contribution in [0.2, 0.25) is 0 Å². The van der Waals surface area contributed by atoms with Crippen molar-refractivity contribution in [2.75, 3.05) is 6.54 Å². The number of carbonyl (C=O) groups excluding carboxylic acids is 2. The lowest BCUT2D eigenvalue weighted by atomic mass is 9.47. The van der Waals surface area contributed by atoms with E-state index < -0.39 is 0 Å². The maximum Gasteiger partial charge on any atom is 0.325 e. The van der Waals surface area contributed by atoms with Gasteiger partial charge in [0, 0.05) is 12.8 Å². The molecule has 0 radical (unpaired) electrons. The standard InChI is InChI=1S/C35H59NO3/c1-23(2)10-9-11-24(3)28-14-15-29-27-13-12-25-20-26(39-32(38)22-36-31(37)21-33(4,5)6)16-18-34(25,7)30(27)17-19-35(28,29)8/h12,23-24,26-30H,9-11,13-22H2,1-8H3,(H,36,37)/t24-,26+,27?,28-,29?,30?,34+,35-/m1/s1. The molecule has 0 aromatic heterocycles. The molecule has 0 saturated heterocycles. The molecule has 3 unspecified atom stereocenters. The predicted molar refractivity (Wildman–Crippen MR) is 160 cm³/mol. The molecule has 0 aliphatic heterocycles. The normalized spacial score (nSPS) is 36.8. The van der Waals surface area contributed by atoms with Gasteiger partial charge in [-0.1, -0.05) is 86.3 Å². The van der Waals surface area contributed by atoms with Crippen LogP contribution in [-0.2, 0) is 14.3 Å². The largest absolute Gasteiger partial charge is 0.461 e. The summed E-state index contributed by atoms with van der Waals surface area (Å²) in [5.41, 5.74) is 2.23. The van der Waals surface area contributed by atoms with Crippen molar-refractivity contribution in [2.45, 2.75) is 139 Å². The lowest BCUT2D eigenvalue weighted by Gasteiger charge is -2.58. The second-order valence-electron chi connectivity index (χ2n) is 16.2. The third-order valence-corrected chi connectivity index (χ3v) is 11.7. The quantitative estimate of drug-likeness (QED) is 0.235. The highest BCUT2D eigenvalue weighted by molar-refractivity contribution is 5.82. The Morgan fingerprint density at radius 1 is 1.03 bits per heavy atom. The minimum Gasteiger partial charge on any atom is -0.461 e. The highest BCUT2D eigenvalue weighted by Crippen LogP contribution is 2.67. The fraction of sp³-hybridized carbons (Fsp3) is 0.886. The molecular weight excluding hydrogens is 482 g/mol.